The van der Waals surface area contributed by atoms with Crippen molar-refractivity contribution in [3.8, 4) is 0 Å². The van der Waals surface area contributed by atoms with Crippen molar-refractivity contribution in [3.05, 3.63) is 0 Å². The monoisotopic (exact) mass is 220 g/mol. The fourth-order valence-corrected chi connectivity index (χ4v) is 2.92. The maximum Gasteiger partial charge on any atom is 0.219 e. The lowest BCUT2D eigenvalue weighted by Gasteiger charge is -2.28. The zero-order valence-electron chi connectivity index (χ0n) is 9.21. The maximum atomic E-state index is 12.1. The second-order valence-electron chi connectivity index (χ2n) is 4.62. The van der Waals surface area contributed by atoms with Crippen LogP contribution in [0.5, 0.6) is 0 Å². The van der Waals surface area contributed by atoms with Crippen molar-refractivity contribution in [2.45, 2.75) is 31.9 Å². The first-order chi connectivity index (χ1) is 6.36. The third-order valence-corrected chi connectivity index (χ3v) is 5.01. The lowest BCUT2D eigenvalue weighted by atomic mass is 10.3. The molecule has 0 radical (unpaired) electrons. The van der Waals surface area contributed by atoms with E-state index >= 15 is 0 Å². The minimum absolute atomic E-state index is 0.597. The molecule has 0 amide bonds. The predicted molar refractivity (Wildman–Crippen MR) is 57.7 cm³/mol. The molecule has 0 saturated carbocycles. The Kier molecular flexibility index (Phi) is 3.55. The molecule has 1 aliphatic rings. The van der Waals surface area contributed by atoms with Crippen LogP contribution < -0.4 is 5.32 Å². The van der Waals surface area contributed by atoms with E-state index in [-0.39, 0.29) is 0 Å². The quantitative estimate of drug-likeness (QED) is 0.696. The van der Waals surface area contributed by atoms with E-state index in [0.29, 0.717) is 13.1 Å². The van der Waals surface area contributed by atoms with Crippen molar-refractivity contribution in [2.24, 2.45) is 0 Å². The Bertz CT molecular complexity index is 272. The average molecular weight is 220 g/mol. The molecule has 14 heavy (non-hydrogen) atoms. The van der Waals surface area contributed by atoms with Gasteiger partial charge in [-0.25, -0.2) is 12.7 Å². The van der Waals surface area contributed by atoms with Gasteiger partial charge in [-0.15, -0.1) is 0 Å². The Morgan fingerprint density at radius 2 is 1.79 bits per heavy atom. The van der Waals surface area contributed by atoms with Crippen LogP contribution in [0.25, 0.3) is 0 Å². The summed E-state index contributed by atoms with van der Waals surface area (Å²) in [5, 5.41) is 3.19. The molecule has 1 saturated heterocycles. The molecule has 0 aromatic carbocycles. The van der Waals surface area contributed by atoms with Gasteiger partial charge in [0.05, 0.1) is 4.75 Å². The Morgan fingerprint density at radius 1 is 1.14 bits per heavy atom. The molecule has 1 N–H and O–H groups in total. The maximum absolute atomic E-state index is 12.1. The second-order valence-corrected chi connectivity index (χ2v) is 7.31. The molecule has 84 valence electrons. The van der Waals surface area contributed by atoms with Crippen LogP contribution in [0.4, 0.5) is 0 Å². The third-order valence-electron chi connectivity index (χ3n) is 2.41. The van der Waals surface area contributed by atoms with Crippen LogP contribution in [0.15, 0.2) is 0 Å². The zero-order valence-corrected chi connectivity index (χ0v) is 10.0. The van der Waals surface area contributed by atoms with E-state index in [1.807, 2.05) is 0 Å². The van der Waals surface area contributed by atoms with Gasteiger partial charge < -0.3 is 5.32 Å². The highest BCUT2D eigenvalue weighted by Crippen LogP contribution is 2.20. The summed E-state index contributed by atoms with van der Waals surface area (Å²) in [5.41, 5.74) is 0. The Labute approximate surface area is 86.7 Å². The summed E-state index contributed by atoms with van der Waals surface area (Å²) in [7, 11) is -3.13. The van der Waals surface area contributed by atoms with Crippen molar-refractivity contribution in [3.63, 3.8) is 0 Å². The lowest BCUT2D eigenvalue weighted by molar-refractivity contribution is 0.412. The molecule has 1 rings (SSSR count). The van der Waals surface area contributed by atoms with Gasteiger partial charge in [-0.2, -0.15) is 0 Å². The minimum atomic E-state index is -3.13. The summed E-state index contributed by atoms with van der Waals surface area (Å²) >= 11 is 0. The Balaban J connectivity index is 2.81. The highest BCUT2D eigenvalue weighted by molar-refractivity contribution is 7.90. The van der Waals surface area contributed by atoms with Gasteiger partial charge in [-0.05, 0) is 33.7 Å². The smallest absolute Gasteiger partial charge is 0.219 e. The third kappa shape index (κ3) is 2.46. The van der Waals surface area contributed by atoms with Crippen molar-refractivity contribution in [1.29, 1.82) is 0 Å². The zero-order chi connectivity index (χ0) is 10.8. The molecule has 0 atom stereocenters. The first kappa shape index (κ1) is 11.9. The summed E-state index contributed by atoms with van der Waals surface area (Å²) in [6.45, 7) is 8.17. The van der Waals surface area contributed by atoms with Crippen LogP contribution in [0, 0.1) is 0 Å². The molecule has 0 aromatic heterocycles. The highest BCUT2D eigenvalue weighted by Gasteiger charge is 2.34. The van der Waals surface area contributed by atoms with Gasteiger partial charge in [-0.1, -0.05) is 0 Å². The van der Waals surface area contributed by atoms with Gasteiger partial charge >= 0.3 is 0 Å². The van der Waals surface area contributed by atoms with Crippen LogP contribution >= 0.6 is 0 Å². The van der Waals surface area contributed by atoms with Gasteiger partial charge in [0.2, 0.25) is 10.0 Å². The topological polar surface area (TPSA) is 49.4 Å². The molecule has 1 aliphatic heterocycles. The minimum Gasteiger partial charge on any atom is -0.315 e. The van der Waals surface area contributed by atoms with Crippen LogP contribution in [-0.2, 0) is 10.0 Å². The summed E-state index contributed by atoms with van der Waals surface area (Å²) in [5.74, 6) is 0. The number of hydrogen-bond acceptors (Lipinski definition) is 3. The van der Waals surface area contributed by atoms with Crippen LogP contribution in [0.3, 0.4) is 0 Å². The lowest BCUT2D eigenvalue weighted by Crippen LogP contribution is -2.44. The van der Waals surface area contributed by atoms with E-state index < -0.39 is 14.8 Å². The first-order valence-electron chi connectivity index (χ1n) is 5.06. The summed E-state index contributed by atoms with van der Waals surface area (Å²) in [6.07, 6.45) is 0.898. The Hall–Kier alpha value is -0.130. The summed E-state index contributed by atoms with van der Waals surface area (Å²) < 4.78 is 25.0. The largest absolute Gasteiger partial charge is 0.315 e. The fraction of sp³-hybridized carbons (Fsp3) is 1.00. The highest BCUT2D eigenvalue weighted by atomic mass is 32.2. The number of rotatable bonds is 1. The molecule has 1 heterocycles. The first-order valence-corrected chi connectivity index (χ1v) is 6.50. The van der Waals surface area contributed by atoms with E-state index in [9.17, 15) is 8.42 Å². The van der Waals surface area contributed by atoms with Crippen LogP contribution in [-0.4, -0.2) is 43.6 Å². The SMILES string of the molecule is CC(C)(C)S(=O)(=O)N1CCCNCC1. The van der Waals surface area contributed by atoms with E-state index in [1.54, 1.807) is 25.1 Å². The van der Waals surface area contributed by atoms with Crippen molar-refractivity contribution < 1.29 is 8.42 Å². The van der Waals surface area contributed by atoms with Gasteiger partial charge in [0.15, 0.2) is 0 Å². The van der Waals surface area contributed by atoms with E-state index in [4.69, 9.17) is 0 Å². The van der Waals surface area contributed by atoms with E-state index in [1.165, 1.54) is 0 Å². The van der Waals surface area contributed by atoms with Crippen molar-refractivity contribution >= 4 is 10.0 Å². The number of hydrogen-bond donors (Lipinski definition) is 1. The van der Waals surface area contributed by atoms with Crippen LogP contribution in [0.2, 0.25) is 0 Å². The van der Waals surface area contributed by atoms with Crippen molar-refractivity contribution in [2.75, 3.05) is 26.2 Å². The number of nitrogens with zero attached hydrogens (tertiary/aromatic N) is 1. The summed E-state index contributed by atoms with van der Waals surface area (Å²) in [4.78, 5) is 0. The van der Waals surface area contributed by atoms with E-state index in [2.05, 4.69) is 5.32 Å². The van der Waals surface area contributed by atoms with Gasteiger partial charge in [0.1, 0.15) is 0 Å². The number of nitrogens with one attached hydrogen (secondary N) is 1. The summed E-state index contributed by atoms with van der Waals surface area (Å²) in [6, 6.07) is 0. The molecule has 0 aliphatic carbocycles. The van der Waals surface area contributed by atoms with Gasteiger partial charge in [0, 0.05) is 19.6 Å². The van der Waals surface area contributed by atoms with Crippen molar-refractivity contribution in [1.82, 2.24) is 9.62 Å². The fourth-order valence-electron chi connectivity index (χ4n) is 1.45. The molecule has 0 spiro atoms. The van der Waals surface area contributed by atoms with Gasteiger partial charge in [0.25, 0.3) is 0 Å². The number of sulfonamides is 1. The van der Waals surface area contributed by atoms with Crippen LogP contribution in [0.1, 0.15) is 27.2 Å². The molecule has 0 unspecified atom stereocenters. The molecular weight excluding hydrogens is 200 g/mol. The molecule has 0 bridgehead atoms. The molecule has 1 fully saturated rings. The second kappa shape index (κ2) is 4.16. The molecular formula is C9H20N2O2S. The average Bonchev–Trinajstić information content (AvgIpc) is 2.29. The Morgan fingerprint density at radius 3 is 2.36 bits per heavy atom. The predicted octanol–water partition coefficient (Wildman–Crippen LogP) is 0.410. The standard InChI is InChI=1S/C9H20N2O2S/c1-9(2,3)14(12,13)11-7-4-5-10-6-8-11/h10H,4-8H2,1-3H3. The normalized spacial score (nSPS) is 21.9. The molecule has 5 heteroatoms. The van der Waals surface area contributed by atoms with E-state index in [0.717, 1.165) is 19.5 Å². The molecule has 4 nitrogen and oxygen atoms in total. The van der Waals surface area contributed by atoms with Gasteiger partial charge in [-0.3, -0.25) is 0 Å². The molecule has 0 aromatic rings.